The molecule has 2 atom stereocenters. The minimum absolute atomic E-state index is 0.0574. The van der Waals surface area contributed by atoms with E-state index in [1.807, 2.05) is 0 Å². The number of carboxylic acid groups (broad SMARTS) is 1. The monoisotopic (exact) mass is 509 g/mol. The second-order valence-electron chi connectivity index (χ2n) is 8.42. The number of benzene rings is 2. The summed E-state index contributed by atoms with van der Waals surface area (Å²) < 4.78 is 10.6. The minimum Gasteiger partial charge on any atom is -0.497 e. The predicted molar refractivity (Wildman–Crippen MR) is 127 cm³/mol. The standard InChI is InChI=1S/C24H26Cl2N2O6/c1-24(22(31)27-12-3-4-21(29)30)11-13-28(24,15-16-5-7-17(25)8-6-16)23(32)34-20-14-18(33-2)9-10-19(20)26/h5-10,14H,3-4,11-13,15H2,1-2H3,(H-,27,29,30,31)/p+1. The largest absolute Gasteiger partial charge is 0.522 e. The summed E-state index contributed by atoms with van der Waals surface area (Å²) in [6, 6.07) is 11.8. The molecule has 2 amide bonds. The highest BCUT2D eigenvalue weighted by molar-refractivity contribution is 6.32. The first-order valence-electron chi connectivity index (χ1n) is 10.8. The average Bonchev–Trinajstić information content (AvgIpc) is 2.81. The van der Waals surface area contributed by atoms with E-state index in [-0.39, 0.29) is 47.1 Å². The van der Waals surface area contributed by atoms with Crippen molar-refractivity contribution in [2.24, 2.45) is 0 Å². The summed E-state index contributed by atoms with van der Waals surface area (Å²) in [4.78, 5) is 37.6. The van der Waals surface area contributed by atoms with Gasteiger partial charge in [-0.3, -0.25) is 9.59 Å². The third-order valence-electron chi connectivity index (χ3n) is 6.32. The molecule has 1 aliphatic rings. The van der Waals surface area contributed by atoms with Gasteiger partial charge in [0.25, 0.3) is 5.91 Å². The van der Waals surface area contributed by atoms with E-state index < -0.39 is 17.6 Å². The number of ether oxygens (including phenoxy) is 2. The zero-order valence-corrected chi connectivity index (χ0v) is 20.5. The number of rotatable bonds is 9. The Kier molecular flexibility index (Phi) is 8.07. The highest BCUT2D eigenvalue weighted by Gasteiger charge is 2.67. The van der Waals surface area contributed by atoms with E-state index in [1.165, 1.54) is 13.2 Å². The van der Waals surface area contributed by atoms with Gasteiger partial charge in [-0.05, 0) is 30.7 Å². The number of nitrogens with zero attached hydrogens (tertiary/aromatic N) is 1. The molecule has 182 valence electrons. The lowest BCUT2D eigenvalue weighted by Crippen LogP contribution is -2.79. The molecule has 2 aromatic rings. The number of aliphatic carboxylic acids is 1. The van der Waals surface area contributed by atoms with Crippen molar-refractivity contribution in [2.75, 3.05) is 20.2 Å². The van der Waals surface area contributed by atoms with E-state index in [4.69, 9.17) is 37.8 Å². The topological polar surface area (TPSA) is 102 Å². The third-order valence-corrected chi connectivity index (χ3v) is 6.88. The van der Waals surface area contributed by atoms with Crippen LogP contribution in [0, 0.1) is 0 Å². The van der Waals surface area contributed by atoms with E-state index in [1.54, 1.807) is 43.3 Å². The molecule has 0 saturated carbocycles. The van der Waals surface area contributed by atoms with Crippen LogP contribution in [0.1, 0.15) is 31.7 Å². The molecule has 3 rings (SSSR count). The smallest absolute Gasteiger partial charge is 0.497 e. The molecule has 0 radical (unpaired) electrons. The first-order valence-corrected chi connectivity index (χ1v) is 11.5. The lowest BCUT2D eigenvalue weighted by molar-refractivity contribution is -0.950. The lowest BCUT2D eigenvalue weighted by Gasteiger charge is -2.54. The van der Waals surface area contributed by atoms with Gasteiger partial charge in [0, 0.05) is 36.5 Å². The zero-order valence-electron chi connectivity index (χ0n) is 19.0. The first-order chi connectivity index (χ1) is 16.1. The number of methoxy groups -OCH3 is 1. The summed E-state index contributed by atoms with van der Waals surface area (Å²) in [5.74, 6) is -0.669. The lowest BCUT2D eigenvalue weighted by atomic mass is 9.81. The van der Waals surface area contributed by atoms with Crippen LogP contribution in [0.5, 0.6) is 11.5 Å². The van der Waals surface area contributed by atoms with Crippen LogP contribution in [0.4, 0.5) is 4.79 Å². The quantitative estimate of drug-likeness (QED) is 0.376. The Hall–Kier alpha value is -2.81. The molecule has 8 nitrogen and oxygen atoms in total. The first kappa shape index (κ1) is 25.8. The third kappa shape index (κ3) is 5.29. The van der Waals surface area contributed by atoms with Crippen molar-refractivity contribution in [3.63, 3.8) is 0 Å². The highest BCUT2D eigenvalue weighted by atomic mass is 35.5. The van der Waals surface area contributed by atoms with E-state index in [0.29, 0.717) is 23.7 Å². The summed E-state index contributed by atoms with van der Waals surface area (Å²) in [5.41, 5.74) is -0.312. The van der Waals surface area contributed by atoms with E-state index >= 15 is 0 Å². The summed E-state index contributed by atoms with van der Waals surface area (Å²) in [5, 5.41) is 12.4. The molecule has 2 N–H and O–H groups in total. The van der Waals surface area contributed by atoms with Crippen LogP contribution in [0.3, 0.4) is 0 Å². The normalized spacial score (nSPS) is 21.3. The summed E-state index contributed by atoms with van der Waals surface area (Å²) >= 11 is 12.3. The van der Waals surface area contributed by atoms with Crippen molar-refractivity contribution >= 4 is 41.2 Å². The van der Waals surface area contributed by atoms with Crippen molar-refractivity contribution in [3.8, 4) is 11.5 Å². The molecular weight excluding hydrogens is 483 g/mol. The van der Waals surface area contributed by atoms with Crippen LogP contribution in [0.2, 0.25) is 10.0 Å². The van der Waals surface area contributed by atoms with Gasteiger partial charge >= 0.3 is 12.1 Å². The molecule has 1 saturated heterocycles. The Morgan fingerprint density at radius 2 is 1.85 bits per heavy atom. The molecule has 1 fully saturated rings. The Bertz CT molecular complexity index is 1080. The SMILES string of the molecule is COc1ccc(Cl)c(OC(=O)[N+]2(Cc3ccc(Cl)cc3)CCC2(C)C(=O)NCCCC(=O)O)c1. The van der Waals surface area contributed by atoms with Crippen molar-refractivity contribution in [1.82, 2.24) is 5.32 Å². The maximum atomic E-state index is 13.6. The maximum absolute atomic E-state index is 13.6. The van der Waals surface area contributed by atoms with Gasteiger partial charge in [-0.1, -0.05) is 35.3 Å². The molecule has 0 aliphatic carbocycles. The number of carboxylic acids is 1. The van der Waals surface area contributed by atoms with Gasteiger partial charge in [-0.2, -0.15) is 4.79 Å². The van der Waals surface area contributed by atoms with Crippen LogP contribution >= 0.6 is 23.2 Å². The number of hydrogen-bond acceptors (Lipinski definition) is 5. The zero-order chi connectivity index (χ0) is 24.9. The van der Waals surface area contributed by atoms with Crippen molar-refractivity contribution in [3.05, 3.63) is 58.1 Å². The molecule has 34 heavy (non-hydrogen) atoms. The van der Waals surface area contributed by atoms with Crippen molar-refractivity contribution in [2.45, 2.75) is 38.3 Å². The Balaban J connectivity index is 1.89. The second-order valence-corrected chi connectivity index (χ2v) is 9.26. The number of halogens is 2. The molecular formula is C24H27Cl2N2O6+. The number of hydrogen-bond donors (Lipinski definition) is 2. The number of carbonyl (C=O) groups is 3. The van der Waals surface area contributed by atoms with E-state index in [0.717, 1.165) is 5.56 Å². The molecule has 10 heteroatoms. The van der Waals surface area contributed by atoms with E-state index in [9.17, 15) is 14.4 Å². The van der Waals surface area contributed by atoms with Gasteiger partial charge in [-0.25, -0.2) is 4.48 Å². The molecule has 1 aliphatic heterocycles. The maximum Gasteiger partial charge on any atom is 0.522 e. The highest BCUT2D eigenvalue weighted by Crippen LogP contribution is 2.43. The Morgan fingerprint density at radius 3 is 2.44 bits per heavy atom. The molecule has 0 spiro atoms. The number of nitrogens with one attached hydrogen (secondary N) is 1. The fourth-order valence-electron chi connectivity index (χ4n) is 4.04. The van der Waals surface area contributed by atoms with Crippen molar-refractivity contribution < 1.29 is 33.4 Å². The van der Waals surface area contributed by atoms with Gasteiger partial charge in [-0.15, -0.1) is 0 Å². The van der Waals surface area contributed by atoms with Crippen LogP contribution in [0.25, 0.3) is 0 Å². The molecule has 1 heterocycles. The minimum atomic E-state index is -1.12. The van der Waals surface area contributed by atoms with Gasteiger partial charge in [0.1, 0.15) is 12.3 Å². The van der Waals surface area contributed by atoms with Gasteiger partial charge in [0.15, 0.2) is 11.3 Å². The Morgan fingerprint density at radius 1 is 1.15 bits per heavy atom. The summed E-state index contributed by atoms with van der Waals surface area (Å²) in [6.07, 6.45) is 0.0578. The second kappa shape index (κ2) is 10.6. The number of carbonyl (C=O) groups excluding carboxylic acids is 2. The number of likely N-dealkylation sites (tertiary alicyclic amines) is 1. The molecule has 2 aromatic carbocycles. The molecule has 0 bridgehead atoms. The van der Waals surface area contributed by atoms with Gasteiger partial charge < -0.3 is 19.9 Å². The predicted octanol–water partition coefficient (Wildman–Crippen LogP) is 4.66. The number of amides is 2. The van der Waals surface area contributed by atoms with Crippen LogP contribution < -0.4 is 14.8 Å². The van der Waals surface area contributed by atoms with E-state index in [2.05, 4.69) is 5.32 Å². The fraction of sp³-hybridized carbons (Fsp3) is 0.375. The summed E-state index contributed by atoms with van der Waals surface area (Å²) in [6.45, 7) is 2.49. The molecule has 0 aromatic heterocycles. The van der Waals surface area contributed by atoms with Crippen molar-refractivity contribution in [1.29, 1.82) is 0 Å². The number of quaternary nitrogens is 1. The molecule has 2 unspecified atom stereocenters. The van der Waals surface area contributed by atoms with Crippen LogP contribution in [-0.2, 0) is 16.1 Å². The summed E-state index contributed by atoms with van der Waals surface area (Å²) in [7, 11) is 1.49. The fourth-order valence-corrected chi connectivity index (χ4v) is 4.32. The van der Waals surface area contributed by atoms with Gasteiger partial charge in [0.2, 0.25) is 0 Å². The average molecular weight is 510 g/mol. The van der Waals surface area contributed by atoms with Gasteiger partial charge in [0.05, 0.1) is 25.1 Å². The Labute approximate surface area is 207 Å². The van der Waals surface area contributed by atoms with Crippen LogP contribution in [-0.4, -0.2) is 53.3 Å². The van der Waals surface area contributed by atoms with Crippen LogP contribution in [0.15, 0.2) is 42.5 Å².